The number of carbonyl (C=O) groups is 3. The Morgan fingerprint density at radius 3 is 1.25 bits per heavy atom. The van der Waals surface area contributed by atoms with Crippen LogP contribution in [0.25, 0.3) is 0 Å². The molecule has 3 aliphatic heterocycles. The lowest BCUT2D eigenvalue weighted by molar-refractivity contribution is -0.386. The van der Waals surface area contributed by atoms with Gasteiger partial charge in [-0.05, 0) is 19.3 Å². The number of carboxylic acid groups (broad SMARTS) is 1. The quantitative estimate of drug-likeness (QED) is 0.0199. The van der Waals surface area contributed by atoms with E-state index in [0.29, 0.717) is 12.8 Å². The molecule has 3 fully saturated rings. The number of aliphatic hydroxyl groups excluding tert-OH is 11. The van der Waals surface area contributed by atoms with E-state index < -0.39 is 155 Å². The van der Waals surface area contributed by atoms with Crippen molar-refractivity contribution >= 4 is 17.8 Å². The van der Waals surface area contributed by atoms with Crippen molar-refractivity contribution in [1.82, 2.24) is 10.6 Å². The zero-order valence-electron chi connectivity index (χ0n) is 66.3. The number of aliphatic hydroxyl groups is 11. The van der Waals surface area contributed by atoms with Crippen LogP contribution in [0.15, 0.2) is 12.2 Å². The van der Waals surface area contributed by atoms with Crippen molar-refractivity contribution in [3.05, 3.63) is 12.2 Å². The molecule has 18 atom stereocenters. The number of rotatable bonds is 69. The molecule has 23 heteroatoms. The molecule has 0 aromatic heterocycles. The minimum atomic E-state index is -3.08. The standard InChI is InChI=1S/C83H156N2O21/c1-4-6-8-10-12-14-16-18-20-22-23-24-25-26-27-28-29-30-31-32-33-34-35-36-37-38-39-41-43-45-47-49-51-53-55-57-70(93)85-64(65(90)56-54-52-50-48-46-44-42-40-21-19-17-15-13-11-9-7-5-2)62-101-80-75(97)74(96)77(69(61-88)103-80)104-81-76(98)79(73(95)68(60-87)102-81)106-83(82(99)100)58-66(91)71(84-63(3)89)78(105-83)72(94)67(92)59-86/h54,56,64-69,71-81,86-88,90-92,94-98H,4-53,55,57-62H2,1-3H3,(H,84,89)(H,85,93)(H,99,100)/b56-54+. The summed E-state index contributed by atoms with van der Waals surface area (Å²) in [4.78, 5) is 38.7. The highest BCUT2D eigenvalue weighted by Gasteiger charge is 2.60. The summed E-state index contributed by atoms with van der Waals surface area (Å²) in [5.41, 5.74) is 0. The van der Waals surface area contributed by atoms with Gasteiger partial charge < -0.3 is 100 Å². The van der Waals surface area contributed by atoms with Crippen LogP contribution in [-0.2, 0) is 42.8 Å². The normalized spacial score (nSPS) is 26.1. The molecule has 14 N–H and O–H groups in total. The molecule has 0 bridgehead atoms. The third-order valence-corrected chi connectivity index (χ3v) is 22.0. The number of aliphatic carboxylic acids is 1. The Balaban J connectivity index is 1.43. The molecule has 0 aromatic carbocycles. The molecular formula is C83H156N2O21. The van der Waals surface area contributed by atoms with E-state index >= 15 is 0 Å². The minimum Gasteiger partial charge on any atom is -0.477 e. The second-order valence-electron chi connectivity index (χ2n) is 31.4. The summed E-state index contributed by atoms with van der Waals surface area (Å²) < 4.78 is 34.9. The maximum absolute atomic E-state index is 13.6. The van der Waals surface area contributed by atoms with Gasteiger partial charge in [0.1, 0.15) is 67.1 Å². The molecule has 3 heterocycles. The lowest BCUT2D eigenvalue weighted by Gasteiger charge is -2.50. The third kappa shape index (κ3) is 41.3. The number of unbranched alkanes of at least 4 members (excludes halogenated alkanes) is 49. The van der Waals surface area contributed by atoms with Gasteiger partial charge in [0.2, 0.25) is 11.8 Å². The summed E-state index contributed by atoms with van der Waals surface area (Å²) in [6, 6.07) is -2.62. The number of carboxylic acids is 1. The molecule has 3 saturated heterocycles. The fourth-order valence-corrected chi connectivity index (χ4v) is 15.2. The van der Waals surface area contributed by atoms with Crippen molar-refractivity contribution in [1.29, 1.82) is 0 Å². The highest BCUT2D eigenvalue weighted by molar-refractivity contribution is 5.77. The first-order chi connectivity index (χ1) is 51.4. The van der Waals surface area contributed by atoms with Crippen molar-refractivity contribution in [2.75, 3.05) is 26.4 Å². The van der Waals surface area contributed by atoms with E-state index in [2.05, 4.69) is 24.5 Å². The molecule has 0 aromatic rings. The maximum atomic E-state index is 13.6. The van der Waals surface area contributed by atoms with Gasteiger partial charge in [-0.3, -0.25) is 9.59 Å². The number of amides is 2. The summed E-state index contributed by atoms with van der Waals surface area (Å²) in [7, 11) is 0. The Hall–Kier alpha value is -2.53. The third-order valence-electron chi connectivity index (χ3n) is 22.0. The monoisotopic (exact) mass is 1520 g/mol. The Labute approximate surface area is 639 Å². The smallest absolute Gasteiger partial charge is 0.364 e. The lowest BCUT2D eigenvalue weighted by atomic mass is 9.88. The zero-order valence-corrected chi connectivity index (χ0v) is 66.3. The first-order valence-electron chi connectivity index (χ1n) is 43.1. The highest BCUT2D eigenvalue weighted by atomic mass is 16.8. The van der Waals surface area contributed by atoms with Crippen LogP contribution in [0, 0.1) is 0 Å². The summed E-state index contributed by atoms with van der Waals surface area (Å²) in [6.07, 6.45) is 39.9. The van der Waals surface area contributed by atoms with Crippen molar-refractivity contribution in [3.63, 3.8) is 0 Å². The first kappa shape index (κ1) is 97.7. The highest BCUT2D eigenvalue weighted by Crippen LogP contribution is 2.39. The van der Waals surface area contributed by atoms with Gasteiger partial charge in [-0.25, -0.2) is 4.79 Å². The van der Waals surface area contributed by atoms with Gasteiger partial charge in [-0.15, -0.1) is 0 Å². The van der Waals surface area contributed by atoms with Crippen LogP contribution in [0.2, 0.25) is 0 Å². The number of allylic oxidation sites excluding steroid dienone is 1. The zero-order chi connectivity index (χ0) is 77.4. The van der Waals surface area contributed by atoms with Crippen LogP contribution in [0.5, 0.6) is 0 Å². The van der Waals surface area contributed by atoms with Crippen molar-refractivity contribution < 1.29 is 104 Å². The number of nitrogens with one attached hydrogen (secondary N) is 2. The molecule has 624 valence electrons. The summed E-state index contributed by atoms with van der Waals surface area (Å²) in [6.45, 7) is 2.20. The number of ether oxygens (including phenoxy) is 6. The van der Waals surface area contributed by atoms with Gasteiger partial charge in [0.15, 0.2) is 12.6 Å². The van der Waals surface area contributed by atoms with E-state index in [-0.39, 0.29) is 12.3 Å². The lowest BCUT2D eigenvalue weighted by Crippen LogP contribution is -2.70. The Morgan fingerprint density at radius 2 is 0.877 bits per heavy atom. The summed E-state index contributed by atoms with van der Waals surface area (Å²) >= 11 is 0. The second kappa shape index (κ2) is 62.0. The minimum absolute atomic E-state index is 0.206. The van der Waals surface area contributed by atoms with E-state index in [0.717, 1.165) is 51.9 Å². The Bertz CT molecular complexity index is 2150. The van der Waals surface area contributed by atoms with Gasteiger partial charge in [0.05, 0.1) is 50.7 Å². The van der Waals surface area contributed by atoms with Crippen LogP contribution in [0.4, 0.5) is 0 Å². The van der Waals surface area contributed by atoms with Gasteiger partial charge >= 0.3 is 5.97 Å². The van der Waals surface area contributed by atoms with E-state index in [4.69, 9.17) is 28.4 Å². The number of carbonyl (C=O) groups excluding carboxylic acids is 2. The van der Waals surface area contributed by atoms with Crippen LogP contribution < -0.4 is 10.6 Å². The molecule has 0 radical (unpaired) electrons. The van der Waals surface area contributed by atoms with Crippen molar-refractivity contribution in [3.8, 4) is 0 Å². The molecule has 23 nitrogen and oxygen atoms in total. The summed E-state index contributed by atoms with van der Waals surface area (Å²) in [5, 5.41) is 136. The number of hydrogen-bond donors (Lipinski definition) is 14. The summed E-state index contributed by atoms with van der Waals surface area (Å²) in [5.74, 6) is -6.13. The molecule has 3 aliphatic rings. The predicted octanol–water partition coefficient (Wildman–Crippen LogP) is 12.5. The van der Waals surface area contributed by atoms with Crippen LogP contribution >= 0.6 is 0 Å². The van der Waals surface area contributed by atoms with Crippen LogP contribution in [-0.4, -0.2) is 215 Å². The fraction of sp³-hybridized carbons (Fsp3) is 0.940. The molecule has 0 aliphatic carbocycles. The molecule has 3 rings (SSSR count). The number of hydrogen-bond acceptors (Lipinski definition) is 20. The van der Waals surface area contributed by atoms with Gasteiger partial charge in [-0.2, -0.15) is 0 Å². The largest absolute Gasteiger partial charge is 0.477 e. The second-order valence-corrected chi connectivity index (χ2v) is 31.4. The van der Waals surface area contributed by atoms with Gasteiger partial charge in [0.25, 0.3) is 5.79 Å². The van der Waals surface area contributed by atoms with Gasteiger partial charge in [0, 0.05) is 19.8 Å². The predicted molar refractivity (Wildman–Crippen MR) is 412 cm³/mol. The van der Waals surface area contributed by atoms with Crippen LogP contribution in [0.3, 0.4) is 0 Å². The van der Waals surface area contributed by atoms with E-state index in [1.54, 1.807) is 6.08 Å². The van der Waals surface area contributed by atoms with E-state index in [1.165, 1.54) is 270 Å². The van der Waals surface area contributed by atoms with Crippen LogP contribution in [0.1, 0.15) is 361 Å². The topological polar surface area (TPSA) is 373 Å². The van der Waals surface area contributed by atoms with Crippen molar-refractivity contribution in [2.24, 2.45) is 0 Å². The van der Waals surface area contributed by atoms with E-state index in [1.807, 2.05) is 6.08 Å². The maximum Gasteiger partial charge on any atom is 0.364 e. The Kier molecular flexibility index (Phi) is 57.1. The molecular weight excluding hydrogens is 1360 g/mol. The SMILES string of the molecule is CCCCCCCCCCCCCCCCC/C=C/C(O)C(COC1OC(CO)C(OC2OC(CO)C(O)C(OC3(C(=O)O)CC(O)C(NC(C)=O)C(C(O)C(O)CO)O3)C2O)C(O)C1O)NC(=O)CCCCCCCCCCCCCCCCCCCCCCCCCCCCCCCCCCCCC. The van der Waals surface area contributed by atoms with Gasteiger partial charge in [-0.1, -0.05) is 334 Å². The molecule has 0 saturated carbocycles. The fourth-order valence-electron chi connectivity index (χ4n) is 15.2. The molecule has 2 amide bonds. The average Bonchev–Trinajstić information content (AvgIpc) is 0.754. The molecule has 18 unspecified atom stereocenters. The average molecular weight is 1520 g/mol. The van der Waals surface area contributed by atoms with E-state index in [9.17, 15) is 75.7 Å². The molecule has 106 heavy (non-hydrogen) atoms. The van der Waals surface area contributed by atoms with Crippen molar-refractivity contribution in [2.45, 2.75) is 471 Å². The molecule has 0 spiro atoms. The first-order valence-corrected chi connectivity index (χ1v) is 43.1. The Morgan fingerprint density at radius 1 is 0.491 bits per heavy atom.